The standard InChI is InChI=1S/C13H17N3O2/c1-7-5-8(2)10(4)13(9(7)3)11(15-16-14)6-12(17)18/h5,11H,6H2,1-4H3,(H,17,18). The molecule has 0 aliphatic carbocycles. The van der Waals surface area contributed by atoms with Crippen LogP contribution in [0.5, 0.6) is 0 Å². The van der Waals surface area contributed by atoms with Crippen LogP contribution in [-0.2, 0) is 4.79 Å². The fourth-order valence-electron chi connectivity index (χ4n) is 2.18. The SMILES string of the molecule is Cc1cc(C)c(C)c(C(CC(=O)O)N=[N+]=[N-])c1C. The third kappa shape index (κ3) is 2.81. The summed E-state index contributed by atoms with van der Waals surface area (Å²) in [5.74, 6) is -0.967. The highest BCUT2D eigenvalue weighted by Gasteiger charge is 2.20. The third-order valence-corrected chi connectivity index (χ3v) is 3.32. The molecule has 0 heterocycles. The van der Waals surface area contributed by atoms with Crippen molar-refractivity contribution in [2.75, 3.05) is 0 Å². The van der Waals surface area contributed by atoms with Crippen molar-refractivity contribution in [2.24, 2.45) is 5.11 Å². The number of carboxylic acids is 1. The van der Waals surface area contributed by atoms with Crippen molar-refractivity contribution in [1.29, 1.82) is 0 Å². The van der Waals surface area contributed by atoms with Gasteiger partial charge in [0.05, 0.1) is 12.5 Å². The molecule has 0 aliphatic heterocycles. The average Bonchev–Trinajstić information content (AvgIpc) is 2.26. The number of aryl methyl sites for hydroxylation is 2. The van der Waals surface area contributed by atoms with Crippen LogP contribution in [0.2, 0.25) is 0 Å². The minimum absolute atomic E-state index is 0.186. The minimum Gasteiger partial charge on any atom is -0.481 e. The lowest BCUT2D eigenvalue weighted by Gasteiger charge is -2.19. The van der Waals surface area contributed by atoms with Crippen molar-refractivity contribution in [3.8, 4) is 0 Å². The molecule has 0 spiro atoms. The van der Waals surface area contributed by atoms with Crippen LogP contribution in [0, 0.1) is 27.7 Å². The second-order valence-electron chi connectivity index (χ2n) is 4.49. The zero-order valence-electron chi connectivity index (χ0n) is 11.1. The van der Waals surface area contributed by atoms with Gasteiger partial charge in [0.2, 0.25) is 0 Å². The van der Waals surface area contributed by atoms with Crippen LogP contribution in [0.4, 0.5) is 0 Å². The molecule has 0 fully saturated rings. The van der Waals surface area contributed by atoms with Crippen molar-refractivity contribution in [3.05, 3.63) is 44.3 Å². The summed E-state index contributed by atoms with van der Waals surface area (Å²) in [6, 6.07) is 1.41. The molecule has 0 aliphatic rings. The van der Waals surface area contributed by atoms with Crippen LogP contribution in [0.1, 0.15) is 40.3 Å². The van der Waals surface area contributed by atoms with Crippen LogP contribution in [-0.4, -0.2) is 11.1 Å². The van der Waals surface area contributed by atoms with Gasteiger partial charge >= 0.3 is 5.97 Å². The zero-order valence-corrected chi connectivity index (χ0v) is 11.1. The number of azide groups is 1. The number of benzene rings is 1. The summed E-state index contributed by atoms with van der Waals surface area (Å²) >= 11 is 0. The fraction of sp³-hybridized carbons (Fsp3) is 0.462. The summed E-state index contributed by atoms with van der Waals surface area (Å²) < 4.78 is 0. The number of hydrogen-bond acceptors (Lipinski definition) is 2. The highest BCUT2D eigenvalue weighted by atomic mass is 16.4. The van der Waals surface area contributed by atoms with Gasteiger partial charge in [-0.2, -0.15) is 0 Å². The van der Waals surface area contributed by atoms with Gasteiger partial charge in [-0.1, -0.05) is 11.2 Å². The molecule has 0 bridgehead atoms. The van der Waals surface area contributed by atoms with E-state index in [1.807, 2.05) is 27.7 Å². The molecule has 1 N–H and O–H groups in total. The van der Waals surface area contributed by atoms with Crippen molar-refractivity contribution in [1.82, 2.24) is 0 Å². The molecule has 0 amide bonds. The Morgan fingerprint density at radius 2 is 1.83 bits per heavy atom. The Morgan fingerprint density at radius 3 is 2.22 bits per heavy atom. The molecule has 1 unspecified atom stereocenters. The van der Waals surface area contributed by atoms with E-state index >= 15 is 0 Å². The Balaban J connectivity index is 3.44. The van der Waals surface area contributed by atoms with Gasteiger partial charge in [-0.3, -0.25) is 4.79 Å². The van der Waals surface area contributed by atoms with Crippen molar-refractivity contribution in [2.45, 2.75) is 40.2 Å². The van der Waals surface area contributed by atoms with Crippen LogP contribution < -0.4 is 0 Å². The van der Waals surface area contributed by atoms with Crippen molar-refractivity contribution >= 4 is 5.97 Å². The van der Waals surface area contributed by atoms with Gasteiger partial charge in [0.15, 0.2) is 0 Å². The maximum absolute atomic E-state index is 10.9. The van der Waals surface area contributed by atoms with E-state index in [9.17, 15) is 4.79 Å². The van der Waals surface area contributed by atoms with E-state index in [-0.39, 0.29) is 6.42 Å². The smallest absolute Gasteiger partial charge is 0.304 e. The maximum atomic E-state index is 10.9. The Kier molecular flexibility index (Phi) is 4.34. The Labute approximate surface area is 106 Å². The molecule has 0 radical (unpaired) electrons. The van der Waals surface area contributed by atoms with Gasteiger partial charge in [0, 0.05) is 4.91 Å². The topological polar surface area (TPSA) is 86.1 Å². The molecule has 5 nitrogen and oxygen atoms in total. The molecule has 1 rings (SSSR count). The molecule has 96 valence electrons. The van der Waals surface area contributed by atoms with Gasteiger partial charge in [-0.05, 0) is 61.0 Å². The van der Waals surface area contributed by atoms with Crippen LogP contribution >= 0.6 is 0 Å². The van der Waals surface area contributed by atoms with E-state index in [4.69, 9.17) is 10.6 Å². The Morgan fingerprint density at radius 1 is 1.33 bits per heavy atom. The summed E-state index contributed by atoms with van der Waals surface area (Å²) in [6.07, 6.45) is -0.186. The van der Waals surface area contributed by atoms with Crippen LogP contribution in [0.25, 0.3) is 10.4 Å². The third-order valence-electron chi connectivity index (χ3n) is 3.32. The molecule has 1 aromatic carbocycles. The Hall–Kier alpha value is -2.00. The molecule has 1 atom stereocenters. The molecule has 0 saturated carbocycles. The van der Waals surface area contributed by atoms with E-state index in [0.717, 1.165) is 27.8 Å². The first kappa shape index (κ1) is 14.1. The van der Waals surface area contributed by atoms with Crippen LogP contribution in [0.15, 0.2) is 11.2 Å². The monoisotopic (exact) mass is 247 g/mol. The van der Waals surface area contributed by atoms with E-state index < -0.39 is 12.0 Å². The van der Waals surface area contributed by atoms with Gasteiger partial charge in [-0.15, -0.1) is 0 Å². The maximum Gasteiger partial charge on any atom is 0.304 e. The van der Waals surface area contributed by atoms with Gasteiger partial charge in [0.1, 0.15) is 0 Å². The highest BCUT2D eigenvalue weighted by molar-refractivity contribution is 5.68. The van der Waals surface area contributed by atoms with Gasteiger partial charge in [-0.25, -0.2) is 0 Å². The summed E-state index contributed by atoms with van der Waals surface area (Å²) in [7, 11) is 0. The second kappa shape index (κ2) is 5.56. The molecular weight excluding hydrogens is 230 g/mol. The normalized spacial score (nSPS) is 11.8. The number of carboxylic acid groups (broad SMARTS) is 1. The average molecular weight is 247 g/mol. The lowest BCUT2D eigenvalue weighted by Crippen LogP contribution is -2.09. The lowest BCUT2D eigenvalue weighted by molar-refractivity contribution is -0.137. The number of rotatable bonds is 4. The lowest BCUT2D eigenvalue weighted by atomic mass is 9.89. The summed E-state index contributed by atoms with van der Waals surface area (Å²) in [4.78, 5) is 13.6. The number of aliphatic carboxylic acids is 1. The largest absolute Gasteiger partial charge is 0.481 e. The second-order valence-corrected chi connectivity index (χ2v) is 4.49. The minimum atomic E-state index is -0.967. The van der Waals surface area contributed by atoms with E-state index in [2.05, 4.69) is 16.1 Å². The molecule has 5 heteroatoms. The van der Waals surface area contributed by atoms with E-state index in [0.29, 0.717) is 0 Å². The van der Waals surface area contributed by atoms with Gasteiger partial charge < -0.3 is 5.11 Å². The number of nitrogens with zero attached hydrogens (tertiary/aromatic N) is 3. The van der Waals surface area contributed by atoms with Crippen LogP contribution in [0.3, 0.4) is 0 Å². The summed E-state index contributed by atoms with van der Waals surface area (Å²) in [5.41, 5.74) is 13.6. The number of carbonyl (C=O) groups is 1. The highest BCUT2D eigenvalue weighted by Crippen LogP contribution is 2.31. The van der Waals surface area contributed by atoms with Crippen molar-refractivity contribution in [3.63, 3.8) is 0 Å². The first-order valence-electron chi connectivity index (χ1n) is 5.71. The van der Waals surface area contributed by atoms with E-state index in [1.165, 1.54) is 0 Å². The Bertz CT molecular complexity index is 505. The predicted octanol–water partition coefficient (Wildman–Crippen LogP) is 3.75. The quantitative estimate of drug-likeness (QED) is 0.499. The molecule has 0 aromatic heterocycles. The first-order valence-corrected chi connectivity index (χ1v) is 5.71. The molecule has 1 aromatic rings. The molecule has 0 saturated heterocycles. The van der Waals surface area contributed by atoms with Crippen molar-refractivity contribution < 1.29 is 9.90 Å². The fourth-order valence-corrected chi connectivity index (χ4v) is 2.18. The molecular formula is C13H17N3O2. The first-order chi connectivity index (χ1) is 8.38. The summed E-state index contributed by atoms with van der Waals surface area (Å²) in [6.45, 7) is 7.80. The van der Waals surface area contributed by atoms with E-state index in [1.54, 1.807) is 0 Å². The zero-order chi connectivity index (χ0) is 13.9. The predicted molar refractivity (Wildman–Crippen MR) is 69.5 cm³/mol. The molecule has 18 heavy (non-hydrogen) atoms. The summed E-state index contributed by atoms with van der Waals surface area (Å²) in [5, 5.41) is 12.5. The number of hydrogen-bond donors (Lipinski definition) is 1. The van der Waals surface area contributed by atoms with Gasteiger partial charge in [0.25, 0.3) is 0 Å².